The van der Waals surface area contributed by atoms with Crippen molar-refractivity contribution in [3.63, 3.8) is 0 Å². The van der Waals surface area contributed by atoms with Gasteiger partial charge in [-0.2, -0.15) is 9.47 Å². The smallest absolute Gasteiger partial charge is 0.145 e. The Balaban J connectivity index is 2.31. The number of aryl methyl sites for hydroxylation is 1. The van der Waals surface area contributed by atoms with Gasteiger partial charge in [0, 0.05) is 5.39 Å². The molecule has 0 aliphatic heterocycles. The number of nitrogens with two attached hydrogens (primary N) is 1. The van der Waals surface area contributed by atoms with E-state index in [0.29, 0.717) is 0 Å². The number of hydrogen-bond acceptors (Lipinski definition) is 4. The summed E-state index contributed by atoms with van der Waals surface area (Å²) in [5.74, 6) is 0. The van der Waals surface area contributed by atoms with Gasteiger partial charge < -0.3 is 5.73 Å². The van der Waals surface area contributed by atoms with Crippen molar-refractivity contribution in [1.29, 1.82) is 0 Å². The normalized spacial score (nSPS) is 11.2. The molecule has 86 valence electrons. The SMILES string of the molecule is Cc1nn(-c2snc3ccccc23)c(C)c1N. The zero-order valence-electron chi connectivity index (χ0n) is 9.64. The highest BCUT2D eigenvalue weighted by molar-refractivity contribution is 7.10. The molecule has 3 rings (SSSR count). The van der Waals surface area contributed by atoms with Crippen molar-refractivity contribution in [2.24, 2.45) is 0 Å². The van der Waals surface area contributed by atoms with Crippen molar-refractivity contribution in [2.75, 3.05) is 5.73 Å². The van der Waals surface area contributed by atoms with E-state index in [4.69, 9.17) is 5.73 Å². The van der Waals surface area contributed by atoms with Gasteiger partial charge in [-0.25, -0.2) is 4.68 Å². The van der Waals surface area contributed by atoms with Gasteiger partial charge in [-0.3, -0.25) is 0 Å². The van der Waals surface area contributed by atoms with Crippen LogP contribution in [0.25, 0.3) is 15.9 Å². The van der Waals surface area contributed by atoms with Gasteiger partial charge in [0.15, 0.2) is 0 Å². The van der Waals surface area contributed by atoms with Crippen LogP contribution in [-0.2, 0) is 0 Å². The standard InChI is InChI=1S/C12H12N4S/c1-7-11(13)8(2)16(14-7)12-9-5-3-4-6-10(9)15-17-12/h3-6H,13H2,1-2H3. The summed E-state index contributed by atoms with van der Waals surface area (Å²) in [6.45, 7) is 3.89. The average Bonchev–Trinajstić information content (AvgIpc) is 2.86. The van der Waals surface area contributed by atoms with Crippen molar-refractivity contribution in [3.05, 3.63) is 35.7 Å². The minimum atomic E-state index is 0.752. The Labute approximate surface area is 103 Å². The molecule has 0 atom stereocenters. The quantitative estimate of drug-likeness (QED) is 0.716. The lowest BCUT2D eigenvalue weighted by Gasteiger charge is -2.00. The summed E-state index contributed by atoms with van der Waals surface area (Å²) in [5.41, 5.74) is 9.54. The third kappa shape index (κ3) is 1.43. The van der Waals surface area contributed by atoms with Crippen molar-refractivity contribution >= 4 is 28.1 Å². The summed E-state index contributed by atoms with van der Waals surface area (Å²) in [5, 5.41) is 6.60. The summed E-state index contributed by atoms with van der Waals surface area (Å²) in [6.07, 6.45) is 0. The molecule has 17 heavy (non-hydrogen) atoms. The molecule has 0 amide bonds. The molecule has 0 spiro atoms. The Bertz CT molecular complexity index is 696. The summed E-state index contributed by atoms with van der Waals surface area (Å²) in [6, 6.07) is 8.06. The fourth-order valence-electron chi connectivity index (χ4n) is 1.88. The molecule has 0 unspecified atom stereocenters. The third-order valence-corrected chi connectivity index (χ3v) is 3.76. The predicted molar refractivity (Wildman–Crippen MR) is 70.6 cm³/mol. The fraction of sp³-hybridized carbons (Fsp3) is 0.167. The van der Waals surface area contributed by atoms with Crippen LogP contribution in [0.15, 0.2) is 24.3 Å². The number of aromatic nitrogens is 3. The number of anilines is 1. The lowest BCUT2D eigenvalue weighted by molar-refractivity contribution is 0.853. The second-order valence-corrected chi connectivity index (χ2v) is 4.75. The minimum Gasteiger partial charge on any atom is -0.396 e. The molecule has 0 aliphatic carbocycles. The van der Waals surface area contributed by atoms with Crippen LogP contribution in [0.4, 0.5) is 5.69 Å². The topological polar surface area (TPSA) is 56.7 Å². The molecule has 1 aromatic carbocycles. The highest BCUT2D eigenvalue weighted by Crippen LogP contribution is 2.28. The average molecular weight is 244 g/mol. The summed E-state index contributed by atoms with van der Waals surface area (Å²) in [7, 11) is 0. The van der Waals surface area contributed by atoms with Crippen molar-refractivity contribution in [1.82, 2.24) is 14.2 Å². The van der Waals surface area contributed by atoms with Crippen LogP contribution in [-0.4, -0.2) is 14.2 Å². The van der Waals surface area contributed by atoms with Gasteiger partial charge >= 0.3 is 0 Å². The van der Waals surface area contributed by atoms with Crippen molar-refractivity contribution in [3.8, 4) is 5.00 Å². The van der Waals surface area contributed by atoms with E-state index >= 15 is 0 Å². The second-order valence-electron chi connectivity index (χ2n) is 4.00. The first-order chi connectivity index (χ1) is 8.18. The maximum atomic E-state index is 5.95. The number of nitrogen functional groups attached to an aromatic ring is 1. The first-order valence-electron chi connectivity index (χ1n) is 5.35. The molecule has 2 N–H and O–H groups in total. The highest BCUT2D eigenvalue weighted by atomic mass is 32.1. The molecular weight excluding hydrogens is 232 g/mol. The van der Waals surface area contributed by atoms with Crippen LogP contribution in [0, 0.1) is 13.8 Å². The summed E-state index contributed by atoms with van der Waals surface area (Å²) >= 11 is 1.45. The van der Waals surface area contributed by atoms with E-state index in [-0.39, 0.29) is 0 Å². The van der Waals surface area contributed by atoms with Gasteiger partial charge in [-0.05, 0) is 37.5 Å². The zero-order valence-corrected chi connectivity index (χ0v) is 10.5. The van der Waals surface area contributed by atoms with Gasteiger partial charge in [0.1, 0.15) is 5.00 Å². The number of fused-ring (bicyclic) bond motifs is 1. The van der Waals surface area contributed by atoms with Crippen molar-refractivity contribution < 1.29 is 0 Å². The van der Waals surface area contributed by atoms with Crippen LogP contribution in [0.1, 0.15) is 11.4 Å². The van der Waals surface area contributed by atoms with Crippen molar-refractivity contribution in [2.45, 2.75) is 13.8 Å². The number of benzene rings is 1. The fourth-order valence-corrected chi connectivity index (χ4v) is 2.75. The summed E-state index contributed by atoms with van der Waals surface area (Å²) < 4.78 is 6.29. The molecule has 0 saturated heterocycles. The molecule has 0 saturated carbocycles. The van der Waals surface area contributed by atoms with Crippen LogP contribution < -0.4 is 5.73 Å². The molecule has 0 bridgehead atoms. The first kappa shape index (κ1) is 10.3. The second kappa shape index (κ2) is 3.56. The van der Waals surface area contributed by atoms with E-state index in [9.17, 15) is 0 Å². The molecule has 0 aliphatic rings. The third-order valence-electron chi connectivity index (χ3n) is 2.90. The Morgan fingerprint density at radius 3 is 2.71 bits per heavy atom. The molecule has 4 nitrogen and oxygen atoms in total. The van der Waals surface area contributed by atoms with Crippen LogP contribution in [0.2, 0.25) is 0 Å². The highest BCUT2D eigenvalue weighted by Gasteiger charge is 2.14. The molecule has 0 radical (unpaired) electrons. The van der Waals surface area contributed by atoms with Gasteiger partial charge in [-0.1, -0.05) is 12.1 Å². The predicted octanol–water partition coefficient (Wildman–Crippen LogP) is 2.68. The van der Waals surface area contributed by atoms with Gasteiger partial charge in [0.25, 0.3) is 0 Å². The van der Waals surface area contributed by atoms with E-state index in [2.05, 4.69) is 15.5 Å². The van der Waals surface area contributed by atoms with E-state index in [1.165, 1.54) is 11.5 Å². The molecular formula is C12H12N4S. The Hall–Kier alpha value is -1.88. The van der Waals surface area contributed by atoms with Gasteiger partial charge in [-0.15, -0.1) is 0 Å². The van der Waals surface area contributed by atoms with Gasteiger partial charge in [0.05, 0.1) is 22.6 Å². The number of nitrogens with zero attached hydrogens (tertiary/aromatic N) is 3. The van der Waals surface area contributed by atoms with E-state index in [0.717, 1.165) is 33.0 Å². The number of rotatable bonds is 1. The van der Waals surface area contributed by atoms with E-state index in [1.54, 1.807) is 0 Å². The van der Waals surface area contributed by atoms with Crippen LogP contribution in [0.5, 0.6) is 0 Å². The Kier molecular flexibility index (Phi) is 2.16. The monoisotopic (exact) mass is 244 g/mol. The Morgan fingerprint density at radius 2 is 2.00 bits per heavy atom. The maximum Gasteiger partial charge on any atom is 0.145 e. The van der Waals surface area contributed by atoms with Crippen LogP contribution in [0.3, 0.4) is 0 Å². The Morgan fingerprint density at radius 1 is 1.24 bits per heavy atom. The maximum absolute atomic E-state index is 5.95. The first-order valence-corrected chi connectivity index (χ1v) is 6.12. The molecule has 0 fully saturated rings. The lowest BCUT2D eigenvalue weighted by atomic mass is 10.2. The summed E-state index contributed by atoms with van der Waals surface area (Å²) in [4.78, 5) is 0. The molecule has 5 heteroatoms. The van der Waals surface area contributed by atoms with Gasteiger partial charge in [0.2, 0.25) is 0 Å². The minimum absolute atomic E-state index is 0.752. The van der Waals surface area contributed by atoms with Crippen LogP contribution >= 0.6 is 11.5 Å². The lowest BCUT2D eigenvalue weighted by Crippen LogP contribution is -1.97. The zero-order chi connectivity index (χ0) is 12.0. The number of hydrogen-bond donors (Lipinski definition) is 1. The van der Waals surface area contributed by atoms with E-state index in [1.807, 2.05) is 36.7 Å². The molecule has 3 aromatic rings. The molecule has 2 heterocycles. The largest absolute Gasteiger partial charge is 0.396 e. The van der Waals surface area contributed by atoms with E-state index < -0.39 is 0 Å². The molecule has 2 aromatic heterocycles.